The molecule has 0 fully saturated rings. The number of fused-ring (bicyclic) bond motifs is 3. The zero-order chi connectivity index (χ0) is 36.6. The largest absolute Gasteiger partial charge is 0.344 e. The van der Waals surface area contributed by atoms with Gasteiger partial charge in [-0.2, -0.15) is 0 Å². The fourth-order valence-corrected chi connectivity index (χ4v) is 7.83. The Kier molecular flexibility index (Phi) is 7.96. The minimum Gasteiger partial charge on any atom is -0.344 e. The van der Waals surface area contributed by atoms with Gasteiger partial charge in [0.2, 0.25) is 0 Å². The molecule has 3 heterocycles. The Morgan fingerprint density at radius 3 is 1.65 bits per heavy atom. The first-order valence-electron chi connectivity index (χ1n) is 18.5. The topological polar surface area (TPSA) is 54.6 Å². The van der Waals surface area contributed by atoms with Crippen LogP contribution in [0, 0.1) is 0 Å². The van der Waals surface area contributed by atoms with Crippen molar-refractivity contribution in [2.45, 2.75) is 5.66 Å². The van der Waals surface area contributed by atoms with Crippen molar-refractivity contribution >= 4 is 34.0 Å². The molecule has 9 aromatic rings. The Bertz CT molecular complexity index is 2820. The molecular formula is C50H35N5. The van der Waals surface area contributed by atoms with Gasteiger partial charge >= 0.3 is 0 Å². The van der Waals surface area contributed by atoms with Crippen LogP contribution in [0.15, 0.2) is 210 Å². The number of hydrogen-bond donors (Lipinski definition) is 1. The van der Waals surface area contributed by atoms with Gasteiger partial charge in [0.05, 0.1) is 17.4 Å². The van der Waals surface area contributed by atoms with Crippen LogP contribution in [-0.2, 0) is 5.66 Å². The van der Waals surface area contributed by atoms with Gasteiger partial charge in [0.1, 0.15) is 5.82 Å². The molecule has 0 unspecified atom stereocenters. The summed E-state index contributed by atoms with van der Waals surface area (Å²) in [5.74, 6) is 1.55. The van der Waals surface area contributed by atoms with Crippen molar-refractivity contribution in [3.05, 3.63) is 217 Å². The van der Waals surface area contributed by atoms with Gasteiger partial charge in [-0.1, -0.05) is 146 Å². The van der Waals surface area contributed by atoms with Crippen LogP contribution in [0.2, 0.25) is 0 Å². The van der Waals surface area contributed by atoms with Gasteiger partial charge in [-0.3, -0.25) is 4.57 Å². The Hall–Kier alpha value is -7.37. The van der Waals surface area contributed by atoms with Crippen molar-refractivity contribution in [1.82, 2.24) is 14.9 Å². The highest BCUT2D eigenvalue weighted by molar-refractivity contribution is 6.11. The zero-order valence-corrected chi connectivity index (χ0v) is 29.9. The lowest BCUT2D eigenvalue weighted by atomic mass is 9.90. The molecule has 5 nitrogen and oxygen atoms in total. The smallest absolute Gasteiger partial charge is 0.184 e. The molecule has 55 heavy (non-hydrogen) atoms. The number of hydrogen-bond acceptors (Lipinski definition) is 4. The van der Waals surface area contributed by atoms with E-state index in [-0.39, 0.29) is 0 Å². The Morgan fingerprint density at radius 1 is 0.418 bits per heavy atom. The molecule has 0 saturated carbocycles. The lowest BCUT2D eigenvalue weighted by Gasteiger charge is -2.34. The number of aromatic nitrogens is 2. The number of para-hydroxylation sites is 1. The van der Waals surface area contributed by atoms with E-state index in [0.717, 1.165) is 55.8 Å². The molecule has 0 bridgehead atoms. The highest BCUT2D eigenvalue weighted by atomic mass is 15.2. The standard InChI is InChI=1S/C50H35N5/c1-4-14-35(15-5-1)36-23-25-37(26-24-36)39-30-40(38-27-28-47-45(33-38)44-20-10-11-21-46(44)55(47)48-22-12-13-29-51-48)32-41(31-39)49-52-34-53-50(54-49,42-16-6-2-7-17-42)43-18-8-3-9-19-43/h1-34H,(H,52,53,54). The van der Waals surface area contributed by atoms with Crippen molar-refractivity contribution in [2.24, 2.45) is 9.98 Å². The Labute approximate surface area is 319 Å². The van der Waals surface area contributed by atoms with Crippen LogP contribution < -0.4 is 5.32 Å². The Morgan fingerprint density at radius 2 is 0.964 bits per heavy atom. The van der Waals surface area contributed by atoms with E-state index >= 15 is 0 Å². The maximum atomic E-state index is 5.47. The van der Waals surface area contributed by atoms with Crippen molar-refractivity contribution in [3.63, 3.8) is 0 Å². The normalized spacial score (nSPS) is 13.4. The van der Waals surface area contributed by atoms with Crippen LogP contribution in [0.3, 0.4) is 0 Å². The molecule has 0 spiro atoms. The minimum absolute atomic E-state index is 0.656. The van der Waals surface area contributed by atoms with Gasteiger partial charge in [0, 0.05) is 33.7 Å². The highest BCUT2D eigenvalue weighted by Gasteiger charge is 2.35. The molecule has 5 heteroatoms. The number of amidine groups is 1. The van der Waals surface area contributed by atoms with E-state index in [1.54, 1.807) is 6.34 Å². The lowest BCUT2D eigenvalue weighted by Crippen LogP contribution is -2.44. The summed E-state index contributed by atoms with van der Waals surface area (Å²) < 4.78 is 2.25. The minimum atomic E-state index is -0.848. The second-order valence-electron chi connectivity index (χ2n) is 13.8. The molecule has 1 aliphatic rings. The molecule has 0 radical (unpaired) electrons. The van der Waals surface area contributed by atoms with Crippen molar-refractivity contribution in [3.8, 4) is 39.2 Å². The van der Waals surface area contributed by atoms with Crippen LogP contribution in [0.1, 0.15) is 16.7 Å². The van der Waals surface area contributed by atoms with Gasteiger partial charge in [-0.05, 0) is 81.9 Å². The van der Waals surface area contributed by atoms with Crippen LogP contribution in [0.5, 0.6) is 0 Å². The number of nitrogens with one attached hydrogen (secondary N) is 1. The SMILES string of the molecule is C1=NC(c2cc(-c3ccc(-c4ccccc4)cc3)cc(-c3ccc4c(c3)c3ccccc3n4-c3ccccn3)c2)=NC(c2ccccc2)(c2ccccc2)N1. The van der Waals surface area contributed by atoms with E-state index < -0.39 is 5.66 Å². The van der Waals surface area contributed by atoms with Gasteiger partial charge in [-0.25, -0.2) is 15.0 Å². The summed E-state index contributed by atoms with van der Waals surface area (Å²) in [5.41, 5.74) is 11.2. The molecule has 7 aromatic carbocycles. The summed E-state index contributed by atoms with van der Waals surface area (Å²) >= 11 is 0. The molecule has 1 N–H and O–H groups in total. The van der Waals surface area contributed by atoms with Crippen LogP contribution >= 0.6 is 0 Å². The third kappa shape index (κ3) is 5.79. The van der Waals surface area contributed by atoms with Crippen molar-refractivity contribution < 1.29 is 0 Å². The predicted molar refractivity (Wildman–Crippen MR) is 227 cm³/mol. The van der Waals surface area contributed by atoms with E-state index in [1.165, 1.54) is 21.9 Å². The molecule has 10 rings (SSSR count). The van der Waals surface area contributed by atoms with Crippen LogP contribution in [-0.4, -0.2) is 21.7 Å². The van der Waals surface area contributed by atoms with Crippen molar-refractivity contribution in [2.75, 3.05) is 0 Å². The second kappa shape index (κ2) is 13.6. The lowest BCUT2D eigenvalue weighted by molar-refractivity contribution is 0.503. The number of rotatable bonds is 7. The molecule has 2 aromatic heterocycles. The third-order valence-corrected chi connectivity index (χ3v) is 10.5. The van der Waals surface area contributed by atoms with Gasteiger partial charge < -0.3 is 5.32 Å². The van der Waals surface area contributed by atoms with E-state index in [0.29, 0.717) is 5.84 Å². The van der Waals surface area contributed by atoms with E-state index in [9.17, 15) is 0 Å². The average molecular weight is 706 g/mol. The van der Waals surface area contributed by atoms with E-state index in [2.05, 4.69) is 180 Å². The number of benzene rings is 7. The molecule has 1 aliphatic heterocycles. The quantitative estimate of drug-likeness (QED) is 0.179. The summed E-state index contributed by atoms with van der Waals surface area (Å²) in [4.78, 5) is 15.1. The van der Waals surface area contributed by atoms with Gasteiger partial charge in [0.15, 0.2) is 11.5 Å². The summed E-state index contributed by atoms with van der Waals surface area (Å²) in [6, 6.07) is 68.2. The average Bonchev–Trinajstić information content (AvgIpc) is 3.61. The summed E-state index contributed by atoms with van der Waals surface area (Å²) in [6.07, 6.45) is 3.64. The first-order valence-corrected chi connectivity index (χ1v) is 18.5. The molecule has 260 valence electrons. The number of pyridine rings is 1. The molecule has 0 saturated heterocycles. The summed E-state index contributed by atoms with van der Waals surface area (Å²) in [5, 5.41) is 5.90. The highest BCUT2D eigenvalue weighted by Crippen LogP contribution is 2.38. The molecular weight excluding hydrogens is 671 g/mol. The first kappa shape index (κ1) is 32.3. The van der Waals surface area contributed by atoms with Gasteiger partial charge in [-0.15, -0.1) is 0 Å². The maximum Gasteiger partial charge on any atom is 0.184 e. The third-order valence-electron chi connectivity index (χ3n) is 10.5. The summed E-state index contributed by atoms with van der Waals surface area (Å²) in [6.45, 7) is 0. The van der Waals surface area contributed by atoms with Gasteiger partial charge in [0.25, 0.3) is 0 Å². The molecule has 0 atom stereocenters. The monoisotopic (exact) mass is 705 g/mol. The first-order chi connectivity index (χ1) is 27.2. The van der Waals surface area contributed by atoms with Crippen molar-refractivity contribution in [1.29, 1.82) is 0 Å². The Balaban J connectivity index is 1.16. The van der Waals surface area contributed by atoms with E-state index in [1.807, 2.05) is 30.5 Å². The van der Waals surface area contributed by atoms with E-state index in [4.69, 9.17) is 15.0 Å². The molecule has 0 aliphatic carbocycles. The second-order valence-corrected chi connectivity index (χ2v) is 13.8. The fraction of sp³-hybridized carbons (Fsp3) is 0.0200. The zero-order valence-electron chi connectivity index (χ0n) is 29.9. The maximum absolute atomic E-state index is 5.47. The summed E-state index contributed by atoms with van der Waals surface area (Å²) in [7, 11) is 0. The molecule has 0 amide bonds. The number of aliphatic imine (C=N–C) groups is 2. The van der Waals surface area contributed by atoms with Crippen LogP contribution in [0.4, 0.5) is 0 Å². The van der Waals surface area contributed by atoms with Crippen LogP contribution in [0.25, 0.3) is 61.0 Å². The fourth-order valence-electron chi connectivity index (χ4n) is 7.83. The number of nitrogens with zero attached hydrogens (tertiary/aromatic N) is 4. The predicted octanol–water partition coefficient (Wildman–Crippen LogP) is 11.5.